The number of esters is 1. The zero-order valence-electron chi connectivity index (χ0n) is 21.8. The summed E-state index contributed by atoms with van der Waals surface area (Å²) in [6.07, 6.45) is 3.44. The number of hydrogen-bond acceptors (Lipinski definition) is 7. The Kier molecular flexibility index (Phi) is 6.69. The van der Waals surface area contributed by atoms with Gasteiger partial charge >= 0.3 is 5.97 Å². The number of pyridine rings is 2. The second-order valence-electron chi connectivity index (χ2n) is 10.2. The van der Waals surface area contributed by atoms with E-state index in [2.05, 4.69) is 11.0 Å². The molecule has 0 spiro atoms. The zero-order valence-corrected chi connectivity index (χ0v) is 21.8. The van der Waals surface area contributed by atoms with Crippen LogP contribution in [0.4, 0.5) is 10.2 Å². The van der Waals surface area contributed by atoms with Gasteiger partial charge in [-0.25, -0.2) is 23.8 Å². The molecule has 0 atom stereocenters. The molecule has 39 heavy (non-hydrogen) atoms. The number of benzene rings is 1. The number of ether oxygens (including phenoxy) is 1. The van der Waals surface area contributed by atoms with Crippen molar-refractivity contribution in [3.05, 3.63) is 66.1 Å². The van der Waals surface area contributed by atoms with Gasteiger partial charge in [-0.15, -0.1) is 0 Å². The van der Waals surface area contributed by atoms with Crippen molar-refractivity contribution >= 4 is 22.8 Å². The van der Waals surface area contributed by atoms with E-state index in [0.717, 1.165) is 59.6 Å². The maximum Gasteiger partial charge on any atom is 0.357 e. The predicted octanol–water partition coefficient (Wildman–Crippen LogP) is 5.61. The molecule has 198 valence electrons. The van der Waals surface area contributed by atoms with Crippen molar-refractivity contribution in [2.75, 3.05) is 24.6 Å². The van der Waals surface area contributed by atoms with Gasteiger partial charge in [0.25, 0.3) is 0 Å². The molecule has 1 saturated heterocycles. The van der Waals surface area contributed by atoms with E-state index in [1.54, 1.807) is 23.9 Å². The summed E-state index contributed by atoms with van der Waals surface area (Å²) in [4.78, 5) is 24.5. The molecule has 1 aliphatic heterocycles. The van der Waals surface area contributed by atoms with E-state index < -0.39 is 12.1 Å². The fourth-order valence-corrected chi connectivity index (χ4v) is 5.46. The average Bonchev–Trinajstić information content (AvgIpc) is 3.35. The predicted molar refractivity (Wildman–Crippen MR) is 145 cm³/mol. The Bertz CT molecular complexity index is 1530. The number of aromatic nitrogens is 4. The number of carbonyl (C=O) groups excluding carboxylic acids is 1. The molecule has 1 aliphatic carbocycles. The first-order chi connectivity index (χ1) is 19.1. The van der Waals surface area contributed by atoms with Crippen LogP contribution >= 0.6 is 0 Å². The third-order valence-electron chi connectivity index (χ3n) is 7.68. The molecular formula is C30H29FN6O2. The molecule has 3 aromatic heterocycles. The number of piperidine rings is 1. The van der Waals surface area contributed by atoms with Crippen LogP contribution in [0.5, 0.6) is 0 Å². The molecule has 0 bridgehead atoms. The van der Waals surface area contributed by atoms with Gasteiger partial charge in [0.15, 0.2) is 11.3 Å². The number of alkyl halides is 1. The number of fused-ring (bicyclic) bond motifs is 1. The highest BCUT2D eigenvalue weighted by molar-refractivity contribution is 6.00. The van der Waals surface area contributed by atoms with Crippen molar-refractivity contribution in [1.29, 1.82) is 5.26 Å². The van der Waals surface area contributed by atoms with Crippen molar-refractivity contribution in [2.45, 2.75) is 44.7 Å². The second-order valence-corrected chi connectivity index (χ2v) is 10.2. The third kappa shape index (κ3) is 4.71. The lowest BCUT2D eigenvalue weighted by molar-refractivity contribution is 0.0520. The summed E-state index contributed by atoms with van der Waals surface area (Å²) < 4.78 is 21.0. The maximum absolute atomic E-state index is 14.0. The van der Waals surface area contributed by atoms with Crippen LogP contribution in [0, 0.1) is 17.2 Å². The van der Waals surface area contributed by atoms with Crippen molar-refractivity contribution < 1.29 is 13.9 Å². The Labute approximate surface area is 226 Å². The van der Waals surface area contributed by atoms with E-state index in [1.165, 1.54) is 0 Å². The lowest BCUT2D eigenvalue weighted by Gasteiger charge is -2.30. The normalized spacial score (nSPS) is 19.5. The van der Waals surface area contributed by atoms with Crippen LogP contribution in [0.15, 0.2) is 54.7 Å². The van der Waals surface area contributed by atoms with Gasteiger partial charge in [-0.3, -0.25) is 0 Å². The Morgan fingerprint density at radius 3 is 2.56 bits per heavy atom. The first-order valence-electron chi connectivity index (χ1n) is 13.5. The Hall–Kier alpha value is -4.32. The van der Waals surface area contributed by atoms with Crippen LogP contribution in [0.3, 0.4) is 0 Å². The van der Waals surface area contributed by atoms with Gasteiger partial charge in [0, 0.05) is 36.7 Å². The van der Waals surface area contributed by atoms with Gasteiger partial charge in [0.2, 0.25) is 0 Å². The molecule has 0 radical (unpaired) electrons. The monoisotopic (exact) mass is 524 g/mol. The van der Waals surface area contributed by atoms with Gasteiger partial charge in [0.05, 0.1) is 29.4 Å². The van der Waals surface area contributed by atoms with Crippen LogP contribution in [-0.4, -0.2) is 51.6 Å². The first kappa shape index (κ1) is 25.0. The summed E-state index contributed by atoms with van der Waals surface area (Å²) >= 11 is 0. The molecule has 2 fully saturated rings. The highest BCUT2D eigenvalue weighted by Gasteiger charge is 2.35. The molecule has 4 aromatic rings. The molecular weight excluding hydrogens is 495 g/mol. The minimum Gasteiger partial charge on any atom is -0.461 e. The van der Waals surface area contributed by atoms with E-state index in [9.17, 15) is 14.4 Å². The van der Waals surface area contributed by atoms with Crippen molar-refractivity contribution in [3.8, 4) is 22.9 Å². The summed E-state index contributed by atoms with van der Waals surface area (Å²) in [5.74, 6) is 0.406. The lowest BCUT2D eigenvalue weighted by atomic mass is 9.79. The standard InChI is InChI=1S/C30H29FN6O2/c1-2-39-30(38)25-16-24(20-8-9-26(33-18-20)36-12-10-19(17-32)11-13-36)27-28(21-14-22(31)15-21)35-37(29(27)34-25)23-6-4-3-5-7-23/h3-9,16,18-19,21-22H,2,10-15H2,1H3. The first-order valence-corrected chi connectivity index (χ1v) is 13.5. The van der Waals surface area contributed by atoms with E-state index in [-0.39, 0.29) is 24.1 Å². The fourth-order valence-electron chi connectivity index (χ4n) is 5.46. The smallest absolute Gasteiger partial charge is 0.357 e. The third-order valence-corrected chi connectivity index (χ3v) is 7.68. The van der Waals surface area contributed by atoms with Crippen molar-refractivity contribution in [3.63, 3.8) is 0 Å². The molecule has 0 amide bonds. The van der Waals surface area contributed by atoms with Crippen molar-refractivity contribution in [2.24, 2.45) is 5.92 Å². The molecule has 8 nitrogen and oxygen atoms in total. The Morgan fingerprint density at radius 2 is 1.92 bits per heavy atom. The number of halogens is 1. The molecule has 6 rings (SSSR count). The number of anilines is 1. The van der Waals surface area contributed by atoms with Crippen LogP contribution in [0.1, 0.15) is 54.7 Å². The maximum atomic E-state index is 14.0. The Morgan fingerprint density at radius 1 is 1.15 bits per heavy atom. The highest BCUT2D eigenvalue weighted by atomic mass is 19.1. The van der Waals surface area contributed by atoms with E-state index >= 15 is 0 Å². The molecule has 1 saturated carbocycles. The van der Waals surface area contributed by atoms with Gasteiger partial charge < -0.3 is 9.64 Å². The average molecular weight is 525 g/mol. The van der Waals surface area contributed by atoms with Crippen LogP contribution in [-0.2, 0) is 4.74 Å². The molecule has 9 heteroatoms. The summed E-state index contributed by atoms with van der Waals surface area (Å²) in [6.45, 7) is 3.57. The summed E-state index contributed by atoms with van der Waals surface area (Å²) in [5.41, 5.74) is 3.88. The van der Waals surface area contributed by atoms with Crippen molar-refractivity contribution in [1.82, 2.24) is 19.7 Å². The zero-order chi connectivity index (χ0) is 26.9. The number of para-hydroxylation sites is 1. The minimum absolute atomic E-state index is 0.0323. The molecule has 2 aliphatic rings. The number of rotatable bonds is 6. The largest absolute Gasteiger partial charge is 0.461 e. The van der Waals surface area contributed by atoms with E-state index in [1.807, 2.05) is 42.5 Å². The molecule has 4 heterocycles. The van der Waals surface area contributed by atoms with Crippen LogP contribution in [0.25, 0.3) is 27.8 Å². The van der Waals surface area contributed by atoms with Gasteiger partial charge in [-0.05, 0) is 68.5 Å². The lowest BCUT2D eigenvalue weighted by Crippen LogP contribution is -2.33. The topological polar surface area (TPSA) is 96.9 Å². The summed E-state index contributed by atoms with van der Waals surface area (Å²) in [5, 5.41) is 14.9. The molecule has 1 aromatic carbocycles. The molecule has 0 N–H and O–H groups in total. The summed E-state index contributed by atoms with van der Waals surface area (Å²) in [6, 6.07) is 17.7. The minimum atomic E-state index is -0.840. The van der Waals surface area contributed by atoms with E-state index in [4.69, 9.17) is 19.8 Å². The Balaban J connectivity index is 1.49. The molecule has 0 unspecified atom stereocenters. The number of nitriles is 1. The number of hydrogen-bond donors (Lipinski definition) is 0. The van der Waals surface area contributed by atoms with Gasteiger partial charge in [-0.2, -0.15) is 10.4 Å². The van der Waals surface area contributed by atoms with Crippen LogP contribution in [0.2, 0.25) is 0 Å². The SMILES string of the molecule is CCOC(=O)c1cc(-c2ccc(N3CCC(C#N)CC3)nc2)c2c(C3CC(F)C3)nn(-c3ccccc3)c2n1. The van der Waals surface area contributed by atoms with Gasteiger partial charge in [0.1, 0.15) is 12.0 Å². The highest BCUT2D eigenvalue weighted by Crippen LogP contribution is 2.44. The number of carbonyl (C=O) groups is 1. The van der Waals surface area contributed by atoms with Gasteiger partial charge in [-0.1, -0.05) is 18.2 Å². The van der Waals surface area contributed by atoms with E-state index in [0.29, 0.717) is 18.5 Å². The second kappa shape index (κ2) is 10.4. The van der Waals surface area contributed by atoms with Crippen LogP contribution < -0.4 is 4.90 Å². The summed E-state index contributed by atoms with van der Waals surface area (Å²) in [7, 11) is 0. The number of nitrogens with zero attached hydrogens (tertiary/aromatic N) is 6. The fraction of sp³-hybridized carbons (Fsp3) is 0.367. The quantitative estimate of drug-likeness (QED) is 0.302.